The van der Waals surface area contributed by atoms with E-state index in [-0.39, 0.29) is 12.4 Å². The minimum Gasteiger partial charge on any atom is -0.497 e. The molecule has 40 heavy (non-hydrogen) atoms. The summed E-state index contributed by atoms with van der Waals surface area (Å²) in [4.78, 5) is 18.3. The van der Waals surface area contributed by atoms with Crippen molar-refractivity contribution in [3.8, 4) is 23.0 Å². The third-order valence-electron chi connectivity index (χ3n) is 6.84. The number of ether oxygens (including phenoxy) is 4. The molecule has 204 valence electrons. The van der Waals surface area contributed by atoms with E-state index in [9.17, 15) is 4.79 Å². The maximum absolute atomic E-state index is 13.1. The Hall–Kier alpha value is -4.90. The number of nitrogens with zero attached hydrogens (tertiary/aromatic N) is 5. The highest BCUT2D eigenvalue weighted by molar-refractivity contribution is 5.83. The van der Waals surface area contributed by atoms with Crippen LogP contribution in [-0.4, -0.2) is 51.1 Å². The number of aromatic amines is 1. The normalized spacial score (nSPS) is 12.3. The zero-order valence-electron chi connectivity index (χ0n) is 22.2. The highest BCUT2D eigenvalue weighted by atomic mass is 16.7. The summed E-state index contributed by atoms with van der Waals surface area (Å²) in [7, 11) is 3.28. The van der Waals surface area contributed by atoms with Gasteiger partial charge in [-0.3, -0.25) is 9.69 Å². The summed E-state index contributed by atoms with van der Waals surface area (Å²) < 4.78 is 23.3. The summed E-state index contributed by atoms with van der Waals surface area (Å²) in [6, 6.07) is 21.2. The molecule has 0 unspecified atom stereocenters. The van der Waals surface area contributed by atoms with Crippen LogP contribution in [0.2, 0.25) is 0 Å². The molecule has 0 fully saturated rings. The number of pyridine rings is 1. The Labute approximate surface area is 229 Å². The van der Waals surface area contributed by atoms with E-state index in [1.54, 1.807) is 25.0 Å². The predicted molar refractivity (Wildman–Crippen MR) is 147 cm³/mol. The number of nitrogens with one attached hydrogen (secondary N) is 1. The summed E-state index contributed by atoms with van der Waals surface area (Å²) in [5, 5.41) is 13.3. The molecule has 0 atom stereocenters. The number of rotatable bonds is 10. The van der Waals surface area contributed by atoms with Gasteiger partial charge in [-0.2, -0.15) is 0 Å². The van der Waals surface area contributed by atoms with E-state index < -0.39 is 0 Å². The maximum atomic E-state index is 13.1. The van der Waals surface area contributed by atoms with Gasteiger partial charge in [0.2, 0.25) is 6.79 Å². The zero-order chi connectivity index (χ0) is 27.5. The number of methoxy groups -OCH3 is 2. The Morgan fingerprint density at radius 2 is 1.55 bits per heavy atom. The van der Waals surface area contributed by atoms with Gasteiger partial charge in [0.05, 0.1) is 32.8 Å². The molecule has 0 saturated heterocycles. The van der Waals surface area contributed by atoms with Gasteiger partial charge >= 0.3 is 0 Å². The minimum absolute atomic E-state index is 0.163. The van der Waals surface area contributed by atoms with E-state index in [2.05, 4.69) is 25.4 Å². The van der Waals surface area contributed by atoms with Gasteiger partial charge in [-0.05, 0) is 58.0 Å². The molecule has 0 aliphatic carbocycles. The summed E-state index contributed by atoms with van der Waals surface area (Å²) in [5.74, 6) is 3.54. The number of hydrogen-bond acceptors (Lipinski definition) is 9. The number of aromatic nitrogens is 5. The molecule has 0 radical (unpaired) electrons. The second-order valence-corrected chi connectivity index (χ2v) is 9.51. The van der Waals surface area contributed by atoms with Crippen molar-refractivity contribution >= 4 is 10.9 Å². The van der Waals surface area contributed by atoms with E-state index >= 15 is 0 Å². The highest BCUT2D eigenvalue weighted by Crippen LogP contribution is 2.35. The van der Waals surface area contributed by atoms with Crippen LogP contribution in [0.1, 0.15) is 22.5 Å². The minimum atomic E-state index is -0.163. The molecular weight excluding hydrogens is 512 g/mol. The highest BCUT2D eigenvalue weighted by Gasteiger charge is 2.18. The fourth-order valence-corrected chi connectivity index (χ4v) is 4.72. The quantitative estimate of drug-likeness (QED) is 0.284. The van der Waals surface area contributed by atoms with Gasteiger partial charge in [0, 0.05) is 30.1 Å². The van der Waals surface area contributed by atoms with Crippen LogP contribution in [0.3, 0.4) is 0 Å². The monoisotopic (exact) mass is 540 g/mol. The van der Waals surface area contributed by atoms with Gasteiger partial charge in [-0.15, -0.1) is 5.10 Å². The number of tetrazole rings is 1. The van der Waals surface area contributed by atoms with Crippen molar-refractivity contribution in [2.45, 2.75) is 26.2 Å². The Balaban J connectivity index is 1.28. The maximum Gasteiger partial charge on any atom is 0.252 e. The van der Waals surface area contributed by atoms with Crippen molar-refractivity contribution < 1.29 is 18.9 Å². The van der Waals surface area contributed by atoms with Crippen molar-refractivity contribution in [2.24, 2.45) is 0 Å². The second kappa shape index (κ2) is 11.1. The van der Waals surface area contributed by atoms with Gasteiger partial charge in [0.15, 0.2) is 17.3 Å². The molecule has 11 nitrogen and oxygen atoms in total. The molecule has 3 aromatic carbocycles. The Bertz CT molecular complexity index is 1680. The Morgan fingerprint density at radius 3 is 2.25 bits per heavy atom. The number of hydrogen-bond donors (Lipinski definition) is 1. The molecule has 1 aliphatic rings. The fourth-order valence-electron chi connectivity index (χ4n) is 4.72. The van der Waals surface area contributed by atoms with Crippen LogP contribution in [0.25, 0.3) is 10.9 Å². The lowest BCUT2D eigenvalue weighted by molar-refractivity contribution is 0.174. The molecule has 1 aliphatic heterocycles. The van der Waals surface area contributed by atoms with Crippen molar-refractivity contribution in [1.29, 1.82) is 0 Å². The molecule has 2 aromatic heterocycles. The SMILES string of the molecule is COc1ccc(CN(Cc2cc3cc4c(cc3[nH]c2=O)OCO4)Cc2nnnn2Cc2ccc(OC)cc2)cc1. The van der Waals surface area contributed by atoms with Crippen LogP contribution in [0.4, 0.5) is 0 Å². The van der Waals surface area contributed by atoms with Crippen LogP contribution in [0.15, 0.2) is 71.5 Å². The first-order valence-corrected chi connectivity index (χ1v) is 12.8. The van der Waals surface area contributed by atoms with Gasteiger partial charge < -0.3 is 23.9 Å². The van der Waals surface area contributed by atoms with E-state index in [4.69, 9.17) is 18.9 Å². The molecular formula is C29H28N6O5. The van der Waals surface area contributed by atoms with E-state index in [1.807, 2.05) is 60.7 Å². The number of benzene rings is 3. The third-order valence-corrected chi connectivity index (χ3v) is 6.84. The smallest absolute Gasteiger partial charge is 0.252 e. The average molecular weight is 541 g/mol. The molecule has 6 rings (SSSR count). The lowest BCUT2D eigenvalue weighted by Crippen LogP contribution is -2.28. The molecule has 1 N–H and O–H groups in total. The second-order valence-electron chi connectivity index (χ2n) is 9.51. The van der Waals surface area contributed by atoms with Gasteiger partial charge in [-0.25, -0.2) is 4.68 Å². The lowest BCUT2D eigenvalue weighted by atomic mass is 10.1. The van der Waals surface area contributed by atoms with Crippen LogP contribution in [-0.2, 0) is 26.2 Å². The van der Waals surface area contributed by atoms with Gasteiger partial charge in [0.25, 0.3) is 5.56 Å². The first kappa shape index (κ1) is 25.4. The van der Waals surface area contributed by atoms with Crippen LogP contribution in [0, 0.1) is 0 Å². The van der Waals surface area contributed by atoms with Crippen LogP contribution < -0.4 is 24.5 Å². The lowest BCUT2D eigenvalue weighted by Gasteiger charge is -2.22. The molecule has 0 bridgehead atoms. The average Bonchev–Trinajstić information content (AvgIpc) is 3.62. The van der Waals surface area contributed by atoms with Gasteiger partial charge in [0.1, 0.15) is 11.5 Å². The first-order chi connectivity index (χ1) is 19.6. The van der Waals surface area contributed by atoms with E-state index in [0.717, 1.165) is 28.0 Å². The van der Waals surface area contributed by atoms with E-state index in [0.29, 0.717) is 54.6 Å². The summed E-state index contributed by atoms with van der Waals surface area (Å²) >= 11 is 0. The van der Waals surface area contributed by atoms with Crippen LogP contribution in [0.5, 0.6) is 23.0 Å². The van der Waals surface area contributed by atoms with E-state index in [1.165, 1.54) is 0 Å². The van der Waals surface area contributed by atoms with Gasteiger partial charge in [-0.1, -0.05) is 24.3 Å². The molecule has 11 heteroatoms. The molecule has 0 amide bonds. The largest absolute Gasteiger partial charge is 0.497 e. The van der Waals surface area contributed by atoms with Crippen molar-refractivity contribution in [3.63, 3.8) is 0 Å². The van der Waals surface area contributed by atoms with Crippen molar-refractivity contribution in [1.82, 2.24) is 30.1 Å². The number of H-pyrrole nitrogens is 1. The molecule has 5 aromatic rings. The Kier molecular flexibility index (Phi) is 7.02. The third kappa shape index (κ3) is 5.45. The van der Waals surface area contributed by atoms with Crippen molar-refractivity contribution in [2.75, 3.05) is 21.0 Å². The fraction of sp³-hybridized carbons (Fsp3) is 0.241. The Morgan fingerprint density at radius 1 is 0.875 bits per heavy atom. The number of fused-ring (bicyclic) bond motifs is 2. The molecule has 3 heterocycles. The zero-order valence-corrected chi connectivity index (χ0v) is 22.2. The standard InChI is InChI=1S/C29H28N6O5/c1-37-23-7-3-19(4-8-23)14-34(17-28-31-32-33-35(28)15-20-5-9-24(38-2)10-6-20)16-22-11-21-12-26-27(40-18-39-26)13-25(21)30-29(22)36/h3-13H,14-18H2,1-2H3,(H,30,36). The summed E-state index contributed by atoms with van der Waals surface area (Å²) in [6.07, 6.45) is 0. The van der Waals surface area contributed by atoms with Crippen molar-refractivity contribution in [3.05, 3.63) is 99.6 Å². The molecule has 0 saturated carbocycles. The molecule has 0 spiro atoms. The van der Waals surface area contributed by atoms with Crippen LogP contribution >= 0.6 is 0 Å². The predicted octanol–water partition coefficient (Wildman–Crippen LogP) is 3.51. The topological polar surface area (TPSA) is 117 Å². The summed E-state index contributed by atoms with van der Waals surface area (Å²) in [6.45, 7) is 2.04. The summed E-state index contributed by atoms with van der Waals surface area (Å²) in [5.41, 5.74) is 3.26. The first-order valence-electron chi connectivity index (χ1n) is 12.8.